The number of piperidine rings is 1. The molecule has 0 amide bonds. The summed E-state index contributed by atoms with van der Waals surface area (Å²) in [5.74, 6) is 0.448. The second-order valence-electron chi connectivity index (χ2n) is 8.57. The number of aryl methyl sites for hydroxylation is 2. The second-order valence-corrected chi connectivity index (χ2v) is 8.57. The number of hydrogen-bond acceptors (Lipinski definition) is 3. The topological polar surface area (TPSA) is 38.1 Å². The normalized spacial score (nSPS) is 15.4. The van der Waals surface area contributed by atoms with Crippen LogP contribution in [0.2, 0.25) is 0 Å². The summed E-state index contributed by atoms with van der Waals surface area (Å²) in [4.78, 5) is 15.2. The van der Waals surface area contributed by atoms with Crippen LogP contribution in [0, 0.1) is 26.7 Å². The third-order valence-corrected chi connectivity index (χ3v) is 6.38. The maximum absolute atomic E-state index is 12.7. The Morgan fingerprint density at radius 3 is 2.27 bits per heavy atom. The fraction of sp³-hybridized carbons (Fsp3) is 0.385. The van der Waals surface area contributed by atoms with Crippen molar-refractivity contribution in [1.29, 1.82) is 0 Å². The van der Waals surface area contributed by atoms with E-state index >= 15 is 0 Å². The van der Waals surface area contributed by atoms with Crippen molar-refractivity contribution in [2.24, 2.45) is 5.92 Å². The predicted molar refractivity (Wildman–Crippen MR) is 121 cm³/mol. The molecule has 0 unspecified atom stereocenters. The van der Waals surface area contributed by atoms with Crippen molar-refractivity contribution < 1.29 is 4.79 Å². The Balaban J connectivity index is 1.38. The molecule has 1 fully saturated rings. The van der Waals surface area contributed by atoms with Crippen molar-refractivity contribution in [2.45, 2.75) is 46.7 Å². The first-order chi connectivity index (χ1) is 14.5. The van der Waals surface area contributed by atoms with Crippen molar-refractivity contribution in [1.82, 2.24) is 14.7 Å². The SMILES string of the molecule is Cc1ccc(Cn2nc(C)c(CN3CCC(C(=O)c4ccccc4)CC3)c2C)cc1. The molecule has 4 heteroatoms. The summed E-state index contributed by atoms with van der Waals surface area (Å²) in [6, 6.07) is 18.4. The maximum Gasteiger partial charge on any atom is 0.166 e. The number of nitrogens with zero attached hydrogens (tertiary/aromatic N) is 3. The number of benzene rings is 2. The zero-order chi connectivity index (χ0) is 21.1. The molecule has 1 saturated heterocycles. The lowest BCUT2D eigenvalue weighted by atomic mass is 9.88. The van der Waals surface area contributed by atoms with Gasteiger partial charge in [0, 0.05) is 29.3 Å². The van der Waals surface area contributed by atoms with Crippen LogP contribution in [0.1, 0.15) is 51.3 Å². The van der Waals surface area contributed by atoms with Crippen molar-refractivity contribution >= 4 is 5.78 Å². The van der Waals surface area contributed by atoms with E-state index in [1.54, 1.807) is 0 Å². The van der Waals surface area contributed by atoms with Gasteiger partial charge in [0.15, 0.2) is 5.78 Å². The van der Waals surface area contributed by atoms with E-state index in [0.29, 0.717) is 5.78 Å². The van der Waals surface area contributed by atoms with Crippen LogP contribution in [0.4, 0.5) is 0 Å². The Kier molecular flexibility index (Phi) is 6.14. The van der Waals surface area contributed by atoms with Crippen LogP contribution in [-0.4, -0.2) is 33.6 Å². The van der Waals surface area contributed by atoms with Crippen LogP contribution in [0.25, 0.3) is 0 Å². The summed E-state index contributed by atoms with van der Waals surface area (Å²) in [7, 11) is 0. The second kappa shape index (κ2) is 8.97. The van der Waals surface area contributed by atoms with Gasteiger partial charge in [-0.1, -0.05) is 60.2 Å². The molecule has 1 aliphatic heterocycles. The Bertz CT molecular complexity index is 997. The molecule has 0 saturated carbocycles. The molecule has 1 aromatic heterocycles. The summed E-state index contributed by atoms with van der Waals surface area (Å²) >= 11 is 0. The molecule has 2 heterocycles. The van der Waals surface area contributed by atoms with Gasteiger partial charge in [-0.25, -0.2) is 0 Å². The highest BCUT2D eigenvalue weighted by atomic mass is 16.1. The number of Topliss-reactive ketones (excluding diaryl/α,β-unsaturated/α-hetero) is 1. The highest BCUT2D eigenvalue weighted by Gasteiger charge is 2.26. The number of carbonyl (C=O) groups excluding carboxylic acids is 1. The predicted octanol–water partition coefficient (Wildman–Crippen LogP) is 4.95. The first-order valence-electron chi connectivity index (χ1n) is 10.9. The van der Waals surface area contributed by atoms with Gasteiger partial charge in [0.1, 0.15) is 0 Å². The van der Waals surface area contributed by atoms with Gasteiger partial charge in [-0.05, 0) is 52.3 Å². The summed E-state index contributed by atoms with van der Waals surface area (Å²) in [5, 5.41) is 4.81. The minimum atomic E-state index is 0.148. The number of hydrogen-bond donors (Lipinski definition) is 0. The molecule has 0 radical (unpaired) electrons. The van der Waals surface area contributed by atoms with E-state index in [2.05, 4.69) is 54.6 Å². The fourth-order valence-corrected chi connectivity index (χ4v) is 4.40. The molecule has 2 aromatic carbocycles. The lowest BCUT2D eigenvalue weighted by Crippen LogP contribution is -2.36. The van der Waals surface area contributed by atoms with Crippen LogP contribution in [0.15, 0.2) is 54.6 Å². The lowest BCUT2D eigenvalue weighted by molar-refractivity contribution is 0.0834. The van der Waals surface area contributed by atoms with E-state index in [9.17, 15) is 4.79 Å². The lowest BCUT2D eigenvalue weighted by Gasteiger charge is -2.31. The molecule has 4 rings (SSSR count). The Labute approximate surface area is 179 Å². The van der Waals surface area contributed by atoms with Gasteiger partial charge in [-0.2, -0.15) is 5.10 Å². The van der Waals surface area contributed by atoms with Crippen molar-refractivity contribution in [2.75, 3.05) is 13.1 Å². The number of carbonyl (C=O) groups is 1. The van der Waals surface area contributed by atoms with Crippen LogP contribution in [-0.2, 0) is 13.1 Å². The zero-order valence-corrected chi connectivity index (χ0v) is 18.3. The van der Waals surface area contributed by atoms with E-state index in [1.165, 1.54) is 22.4 Å². The van der Waals surface area contributed by atoms with Crippen LogP contribution in [0.3, 0.4) is 0 Å². The quantitative estimate of drug-likeness (QED) is 0.549. The van der Waals surface area contributed by atoms with Gasteiger partial charge >= 0.3 is 0 Å². The number of ketones is 1. The van der Waals surface area contributed by atoms with Crippen molar-refractivity contribution in [3.63, 3.8) is 0 Å². The van der Waals surface area contributed by atoms with Crippen LogP contribution in [0.5, 0.6) is 0 Å². The molecule has 3 aromatic rings. The van der Waals surface area contributed by atoms with Crippen LogP contribution >= 0.6 is 0 Å². The molecule has 0 aliphatic carbocycles. The first-order valence-corrected chi connectivity index (χ1v) is 10.9. The average Bonchev–Trinajstić information content (AvgIpc) is 3.03. The van der Waals surface area contributed by atoms with Gasteiger partial charge < -0.3 is 0 Å². The summed E-state index contributed by atoms with van der Waals surface area (Å²) < 4.78 is 2.13. The molecular weight excluding hydrogens is 370 g/mol. The Morgan fingerprint density at radius 2 is 1.60 bits per heavy atom. The summed E-state index contributed by atoms with van der Waals surface area (Å²) in [5.41, 5.74) is 7.09. The number of likely N-dealkylation sites (tertiary alicyclic amines) is 1. The monoisotopic (exact) mass is 401 g/mol. The molecule has 0 N–H and O–H groups in total. The van der Waals surface area contributed by atoms with Gasteiger partial charge in [-0.15, -0.1) is 0 Å². The Hall–Kier alpha value is -2.72. The zero-order valence-electron chi connectivity index (χ0n) is 18.3. The minimum Gasteiger partial charge on any atom is -0.299 e. The highest BCUT2D eigenvalue weighted by Crippen LogP contribution is 2.25. The largest absolute Gasteiger partial charge is 0.299 e. The van der Waals surface area contributed by atoms with E-state index in [-0.39, 0.29) is 5.92 Å². The van der Waals surface area contributed by atoms with Crippen LogP contribution < -0.4 is 0 Å². The first kappa shape index (κ1) is 20.5. The molecule has 1 aliphatic rings. The molecule has 30 heavy (non-hydrogen) atoms. The van der Waals surface area contributed by atoms with E-state index in [4.69, 9.17) is 5.10 Å². The standard InChI is InChI=1S/C26H31N3O/c1-19-9-11-22(12-10-19)17-29-21(3)25(20(2)27-29)18-28-15-13-24(14-16-28)26(30)23-7-5-4-6-8-23/h4-12,24H,13-18H2,1-3H3. The number of rotatable bonds is 6. The molecule has 0 spiro atoms. The third-order valence-electron chi connectivity index (χ3n) is 6.38. The molecule has 156 valence electrons. The van der Waals surface area contributed by atoms with E-state index in [0.717, 1.165) is 50.3 Å². The maximum atomic E-state index is 12.7. The molecule has 0 bridgehead atoms. The number of aromatic nitrogens is 2. The van der Waals surface area contributed by atoms with E-state index < -0.39 is 0 Å². The molecular formula is C26H31N3O. The highest BCUT2D eigenvalue weighted by molar-refractivity contribution is 5.97. The van der Waals surface area contributed by atoms with Gasteiger partial charge in [0.25, 0.3) is 0 Å². The van der Waals surface area contributed by atoms with E-state index in [1.807, 2.05) is 30.3 Å². The van der Waals surface area contributed by atoms with Crippen molar-refractivity contribution in [3.8, 4) is 0 Å². The molecule has 4 nitrogen and oxygen atoms in total. The Morgan fingerprint density at radius 1 is 0.933 bits per heavy atom. The summed E-state index contributed by atoms with van der Waals surface area (Å²) in [6.45, 7) is 10.0. The third kappa shape index (κ3) is 4.54. The van der Waals surface area contributed by atoms with Gasteiger partial charge in [0.2, 0.25) is 0 Å². The van der Waals surface area contributed by atoms with Gasteiger partial charge in [0.05, 0.1) is 12.2 Å². The minimum absolute atomic E-state index is 0.148. The summed E-state index contributed by atoms with van der Waals surface area (Å²) in [6.07, 6.45) is 1.87. The average molecular weight is 402 g/mol. The van der Waals surface area contributed by atoms with Crippen molar-refractivity contribution in [3.05, 3.63) is 88.2 Å². The smallest absolute Gasteiger partial charge is 0.166 e. The van der Waals surface area contributed by atoms with Gasteiger partial charge in [-0.3, -0.25) is 14.4 Å². The molecule has 0 atom stereocenters. The fourth-order valence-electron chi connectivity index (χ4n) is 4.40.